The third-order valence-electron chi connectivity index (χ3n) is 6.44. The molecule has 1 aliphatic rings. The molecule has 0 amide bonds. The van der Waals surface area contributed by atoms with Crippen LogP contribution in [0.3, 0.4) is 0 Å². The van der Waals surface area contributed by atoms with Gasteiger partial charge in [0.1, 0.15) is 11.9 Å². The van der Waals surface area contributed by atoms with Crippen molar-refractivity contribution < 1.29 is 26.5 Å². The van der Waals surface area contributed by atoms with E-state index in [1.165, 1.54) is 0 Å². The molecule has 1 saturated carbocycles. The highest BCUT2D eigenvalue weighted by Gasteiger charge is 2.42. The van der Waals surface area contributed by atoms with Gasteiger partial charge < -0.3 is 13.9 Å². The molecule has 0 radical (unpaired) electrons. The highest BCUT2D eigenvalue weighted by atomic mass is 32.2. The Kier molecular flexibility index (Phi) is 8.78. The van der Waals surface area contributed by atoms with E-state index in [9.17, 15) is 8.42 Å². The summed E-state index contributed by atoms with van der Waals surface area (Å²) in [7, 11) is -4.17. The summed E-state index contributed by atoms with van der Waals surface area (Å²) in [5, 5.41) is -0.0182. The molecular formula is C23H40O6SSi. The Morgan fingerprint density at radius 3 is 2.29 bits per heavy atom. The summed E-state index contributed by atoms with van der Waals surface area (Å²) in [6.07, 6.45) is 4.34. The lowest BCUT2D eigenvalue weighted by atomic mass is 10.0. The minimum absolute atomic E-state index is 0.0182. The Hall–Kier alpha value is -0.933. The van der Waals surface area contributed by atoms with E-state index in [2.05, 4.69) is 33.9 Å². The fourth-order valence-electron chi connectivity index (χ4n) is 3.53. The zero-order valence-electron chi connectivity index (χ0n) is 20.4. The maximum Gasteiger partial charge on any atom is 0.264 e. The van der Waals surface area contributed by atoms with E-state index >= 15 is 0 Å². The molecule has 0 heterocycles. The largest absolute Gasteiger partial charge is 0.496 e. The summed E-state index contributed by atoms with van der Waals surface area (Å²) < 4.78 is 47.7. The average Bonchev–Trinajstić information content (AvgIpc) is 3.15. The first-order chi connectivity index (χ1) is 14.2. The molecule has 2 rings (SSSR count). The number of aryl methyl sites for hydroxylation is 1. The van der Waals surface area contributed by atoms with Crippen LogP contribution < -0.4 is 4.74 Å². The Morgan fingerprint density at radius 2 is 1.77 bits per heavy atom. The number of hydrogen-bond donors (Lipinski definition) is 0. The van der Waals surface area contributed by atoms with E-state index in [0.29, 0.717) is 0 Å². The fraction of sp³-hybridized carbons (Fsp3) is 0.739. The van der Waals surface area contributed by atoms with Gasteiger partial charge in [-0.2, -0.15) is 8.42 Å². The van der Waals surface area contributed by atoms with Crippen LogP contribution in [0.2, 0.25) is 18.1 Å². The van der Waals surface area contributed by atoms with Crippen LogP contribution in [-0.2, 0) is 23.5 Å². The number of rotatable bonds is 10. The van der Waals surface area contributed by atoms with Gasteiger partial charge in [0, 0.05) is 0 Å². The van der Waals surface area contributed by atoms with Gasteiger partial charge in [0.15, 0.2) is 8.32 Å². The molecule has 0 aromatic heterocycles. The van der Waals surface area contributed by atoms with Crippen LogP contribution in [0.4, 0.5) is 0 Å². The molecule has 178 valence electrons. The summed E-state index contributed by atoms with van der Waals surface area (Å²) in [6, 6.07) is 5.99. The predicted octanol–water partition coefficient (Wildman–Crippen LogP) is 5.37. The molecule has 1 aliphatic carbocycles. The first-order valence-corrected chi connectivity index (χ1v) is 15.8. The van der Waals surface area contributed by atoms with Crippen molar-refractivity contribution in [1.82, 2.24) is 0 Å². The second-order valence-corrected chi connectivity index (χ2v) is 16.5. The summed E-state index contributed by atoms with van der Waals surface area (Å²) in [5.41, 5.74) is 1.94. The molecule has 0 saturated heterocycles. The van der Waals surface area contributed by atoms with E-state index in [1.54, 1.807) is 7.11 Å². The number of methoxy groups -OCH3 is 1. The fourth-order valence-corrected chi connectivity index (χ4v) is 5.18. The van der Waals surface area contributed by atoms with Crippen LogP contribution in [0.15, 0.2) is 18.2 Å². The third-order valence-corrected chi connectivity index (χ3v) is 11.5. The van der Waals surface area contributed by atoms with Gasteiger partial charge in [-0.1, -0.05) is 45.7 Å². The van der Waals surface area contributed by atoms with E-state index in [4.69, 9.17) is 18.1 Å². The maximum absolute atomic E-state index is 11.8. The molecule has 6 nitrogen and oxygen atoms in total. The van der Waals surface area contributed by atoms with Crippen molar-refractivity contribution in [3.05, 3.63) is 29.3 Å². The molecule has 8 heteroatoms. The Morgan fingerprint density at radius 1 is 1.16 bits per heavy atom. The van der Waals surface area contributed by atoms with Gasteiger partial charge in [0.05, 0.1) is 32.2 Å². The third kappa shape index (κ3) is 7.56. The molecular weight excluding hydrogens is 432 g/mol. The van der Waals surface area contributed by atoms with E-state index in [-0.39, 0.29) is 17.7 Å². The van der Waals surface area contributed by atoms with Crippen molar-refractivity contribution in [2.24, 2.45) is 0 Å². The van der Waals surface area contributed by atoms with Crippen molar-refractivity contribution in [2.45, 2.75) is 89.8 Å². The molecule has 0 spiro atoms. The van der Waals surface area contributed by atoms with Gasteiger partial charge in [-0.25, -0.2) is 0 Å². The minimum atomic E-state index is -3.61. The first-order valence-electron chi connectivity index (χ1n) is 11.1. The molecule has 0 unspecified atom stereocenters. The molecule has 0 bridgehead atoms. The second-order valence-electron chi connectivity index (χ2n) is 10.1. The maximum atomic E-state index is 11.8. The predicted molar refractivity (Wildman–Crippen MR) is 127 cm³/mol. The lowest BCUT2D eigenvalue weighted by molar-refractivity contribution is -0.0874. The van der Waals surface area contributed by atoms with Crippen LogP contribution in [0.25, 0.3) is 0 Å². The molecule has 1 fully saturated rings. The quantitative estimate of drug-likeness (QED) is 0.337. The zero-order valence-corrected chi connectivity index (χ0v) is 22.2. The van der Waals surface area contributed by atoms with Crippen molar-refractivity contribution in [3.8, 4) is 5.75 Å². The minimum Gasteiger partial charge on any atom is -0.496 e. The highest BCUT2D eigenvalue weighted by molar-refractivity contribution is 7.85. The molecule has 1 aromatic rings. The zero-order chi connectivity index (χ0) is 23.4. The van der Waals surface area contributed by atoms with Crippen molar-refractivity contribution in [2.75, 3.05) is 20.0 Å². The second kappa shape index (κ2) is 10.3. The van der Waals surface area contributed by atoms with Crippen LogP contribution in [0.5, 0.6) is 5.75 Å². The summed E-state index contributed by atoms with van der Waals surface area (Å²) in [4.78, 5) is 0. The highest BCUT2D eigenvalue weighted by Crippen LogP contribution is 2.42. The van der Waals surface area contributed by atoms with Crippen molar-refractivity contribution in [3.63, 3.8) is 0 Å². The number of hydrogen-bond acceptors (Lipinski definition) is 6. The molecule has 31 heavy (non-hydrogen) atoms. The smallest absolute Gasteiger partial charge is 0.264 e. The molecule has 0 aliphatic heterocycles. The number of benzene rings is 1. The molecule has 0 N–H and O–H groups in total. The summed E-state index contributed by atoms with van der Waals surface area (Å²) in [5.74, 6) is 0.768. The van der Waals surface area contributed by atoms with Crippen molar-refractivity contribution >= 4 is 18.4 Å². The van der Waals surface area contributed by atoms with Crippen LogP contribution in [-0.4, -0.2) is 48.9 Å². The van der Waals surface area contributed by atoms with Crippen LogP contribution in [0, 0.1) is 6.92 Å². The monoisotopic (exact) mass is 472 g/mol. The van der Waals surface area contributed by atoms with Gasteiger partial charge in [-0.15, -0.1) is 0 Å². The Balaban J connectivity index is 2.47. The van der Waals surface area contributed by atoms with E-state index < -0.39 is 30.6 Å². The van der Waals surface area contributed by atoms with Gasteiger partial charge in [0.2, 0.25) is 0 Å². The lowest BCUT2D eigenvalue weighted by Gasteiger charge is -2.42. The SMILES string of the molecule is COc1cc([C@@H](O[Si](C)(C)C(C)(C)C)[C@H](COS(C)(=O)=O)OC2CCCC2)ccc1C. The van der Waals surface area contributed by atoms with Crippen molar-refractivity contribution in [1.29, 1.82) is 0 Å². The standard InChI is InChI=1S/C23H40O6SSi/c1-17-13-14-18(15-20(17)26-5)22(29-31(7,8)23(2,3)4)21(16-27-30(6,24)25)28-19-11-9-10-12-19/h13-15,19,21-22H,9-12,16H2,1-8H3/t21-,22+/m0/s1. The van der Waals surface area contributed by atoms with Gasteiger partial charge in [0.25, 0.3) is 10.1 Å². The van der Waals surface area contributed by atoms with Gasteiger partial charge in [-0.05, 0) is 55.1 Å². The van der Waals surface area contributed by atoms with E-state index in [1.807, 2.05) is 25.1 Å². The first kappa shape index (κ1) is 26.3. The Bertz CT molecular complexity index is 825. The van der Waals surface area contributed by atoms with E-state index in [0.717, 1.165) is 48.8 Å². The topological polar surface area (TPSA) is 71.1 Å². The lowest BCUT2D eigenvalue weighted by Crippen LogP contribution is -2.45. The Labute approximate surface area is 189 Å². The molecule has 2 atom stereocenters. The van der Waals surface area contributed by atoms with Gasteiger partial charge >= 0.3 is 0 Å². The van der Waals surface area contributed by atoms with Crippen LogP contribution in [0.1, 0.15) is 63.7 Å². The van der Waals surface area contributed by atoms with Gasteiger partial charge in [-0.3, -0.25) is 4.18 Å². The average molecular weight is 473 g/mol. The molecule has 1 aromatic carbocycles. The van der Waals surface area contributed by atoms with Crippen LogP contribution >= 0.6 is 0 Å². The number of ether oxygens (including phenoxy) is 2. The normalized spacial score (nSPS) is 18.2. The summed E-state index contributed by atoms with van der Waals surface area (Å²) in [6.45, 7) is 12.9. The summed E-state index contributed by atoms with van der Waals surface area (Å²) >= 11 is 0.